The highest BCUT2D eigenvalue weighted by atomic mass is 35.5. The van der Waals surface area contributed by atoms with Crippen molar-refractivity contribution in [1.29, 1.82) is 5.26 Å². The molecule has 2 aromatic carbocycles. The van der Waals surface area contributed by atoms with E-state index in [1.165, 1.54) is 6.07 Å². The molecule has 22 heavy (non-hydrogen) atoms. The van der Waals surface area contributed by atoms with Gasteiger partial charge >= 0.3 is 0 Å². The molecule has 0 radical (unpaired) electrons. The molecule has 114 valence electrons. The number of hydrogen-bond donors (Lipinski definition) is 1. The minimum absolute atomic E-state index is 0.246. The van der Waals surface area contributed by atoms with E-state index in [0.717, 1.165) is 5.56 Å². The Morgan fingerprint density at radius 1 is 1.32 bits per heavy atom. The summed E-state index contributed by atoms with van der Waals surface area (Å²) >= 11 is 6.11. The monoisotopic (exact) mass is 336 g/mol. The second-order valence-corrected chi connectivity index (χ2v) is 6.65. The van der Waals surface area contributed by atoms with E-state index in [1.807, 2.05) is 18.2 Å². The topological polar surface area (TPSA) is 52.9 Å². The van der Waals surface area contributed by atoms with Gasteiger partial charge in [-0.25, -0.2) is 4.39 Å². The van der Waals surface area contributed by atoms with Gasteiger partial charge in [0.05, 0.1) is 22.3 Å². The number of hydrogen-bond acceptors (Lipinski definition) is 3. The Hall–Kier alpha value is -1.90. The van der Waals surface area contributed by atoms with E-state index < -0.39 is 16.6 Å². The van der Waals surface area contributed by atoms with E-state index >= 15 is 0 Å². The summed E-state index contributed by atoms with van der Waals surface area (Å²) in [6.45, 7) is 0.246. The Morgan fingerprint density at radius 3 is 2.73 bits per heavy atom. The zero-order valence-electron chi connectivity index (χ0n) is 11.9. The van der Waals surface area contributed by atoms with Gasteiger partial charge in [0, 0.05) is 34.9 Å². The molecule has 0 aliphatic carbocycles. The summed E-state index contributed by atoms with van der Waals surface area (Å²) in [4.78, 5) is 0. The van der Waals surface area contributed by atoms with Crippen molar-refractivity contribution in [1.82, 2.24) is 0 Å². The predicted octanol–water partition coefficient (Wildman–Crippen LogP) is 3.84. The number of nitrogens with one attached hydrogen (secondary N) is 1. The molecular formula is C16H14ClFN2OS. The predicted molar refractivity (Wildman–Crippen MR) is 87.7 cm³/mol. The first-order valence-corrected chi connectivity index (χ1v) is 8.61. The van der Waals surface area contributed by atoms with Gasteiger partial charge in [0.2, 0.25) is 0 Å². The summed E-state index contributed by atoms with van der Waals surface area (Å²) in [7, 11) is -0.940. The number of anilines is 1. The zero-order valence-corrected chi connectivity index (χ0v) is 13.5. The molecule has 0 heterocycles. The van der Waals surface area contributed by atoms with Crippen molar-refractivity contribution in [2.24, 2.45) is 0 Å². The maximum Gasteiger partial charge on any atom is 0.129 e. The molecule has 2 rings (SSSR count). The molecule has 0 aliphatic rings. The minimum atomic E-state index is -0.940. The Morgan fingerprint density at radius 2 is 2.09 bits per heavy atom. The third-order valence-corrected chi connectivity index (χ3v) is 4.12. The van der Waals surface area contributed by atoms with E-state index in [-0.39, 0.29) is 12.1 Å². The summed E-state index contributed by atoms with van der Waals surface area (Å²) in [5.41, 5.74) is 2.28. The molecule has 0 aliphatic heterocycles. The van der Waals surface area contributed by atoms with Crippen LogP contribution in [-0.2, 0) is 23.1 Å². The van der Waals surface area contributed by atoms with Crippen molar-refractivity contribution >= 4 is 28.1 Å². The molecule has 1 atom stereocenters. The first-order valence-electron chi connectivity index (χ1n) is 6.50. The third kappa shape index (κ3) is 4.30. The lowest BCUT2D eigenvalue weighted by Gasteiger charge is -2.11. The van der Waals surface area contributed by atoms with Crippen LogP contribution in [0.25, 0.3) is 0 Å². The summed E-state index contributed by atoms with van der Waals surface area (Å²) < 4.78 is 25.1. The number of nitrogens with zero attached hydrogens (tertiary/aromatic N) is 1. The van der Waals surface area contributed by atoms with E-state index in [9.17, 15) is 8.60 Å². The summed E-state index contributed by atoms with van der Waals surface area (Å²) in [5, 5.41) is 12.3. The Balaban J connectivity index is 2.14. The van der Waals surface area contributed by atoms with Crippen LogP contribution in [0.3, 0.4) is 0 Å². The maximum atomic E-state index is 13.8. The lowest BCUT2D eigenvalue weighted by atomic mass is 10.1. The van der Waals surface area contributed by atoms with Gasteiger partial charge in [0.15, 0.2) is 0 Å². The smallest absolute Gasteiger partial charge is 0.129 e. The molecule has 3 nitrogen and oxygen atoms in total. The molecule has 2 aromatic rings. The van der Waals surface area contributed by atoms with Gasteiger partial charge in [-0.2, -0.15) is 5.26 Å². The molecule has 0 amide bonds. The standard InChI is InChI=1S/C16H14ClFN2OS/c1-22(21)10-12-3-5-14(17)16(7-12)20-9-13-4-2-11(8-19)6-15(13)18/h2-7,20H,9-10H2,1H3/t22-/m0/s1. The lowest BCUT2D eigenvalue weighted by molar-refractivity contribution is 0.612. The normalized spacial score (nSPS) is 11.7. The van der Waals surface area contributed by atoms with Gasteiger partial charge in [-0.05, 0) is 29.8 Å². The second kappa shape index (κ2) is 7.39. The van der Waals surface area contributed by atoms with Crippen molar-refractivity contribution < 1.29 is 8.60 Å². The van der Waals surface area contributed by atoms with Gasteiger partial charge < -0.3 is 5.32 Å². The summed E-state index contributed by atoms with van der Waals surface area (Å²) in [5.74, 6) is 0.00496. The molecule has 0 unspecified atom stereocenters. The van der Waals surface area contributed by atoms with Crippen LogP contribution in [0.4, 0.5) is 10.1 Å². The number of nitriles is 1. The van der Waals surface area contributed by atoms with Crippen LogP contribution in [0.5, 0.6) is 0 Å². The molecule has 0 bridgehead atoms. The fourth-order valence-electron chi connectivity index (χ4n) is 1.98. The Bertz CT molecular complexity index is 758. The first-order chi connectivity index (χ1) is 10.5. The number of rotatable bonds is 5. The van der Waals surface area contributed by atoms with Gasteiger partial charge in [-0.3, -0.25) is 4.21 Å². The fraction of sp³-hybridized carbons (Fsp3) is 0.188. The molecule has 0 fully saturated rings. The van der Waals surface area contributed by atoms with Crippen LogP contribution in [0.15, 0.2) is 36.4 Å². The lowest BCUT2D eigenvalue weighted by Crippen LogP contribution is -2.03. The maximum absolute atomic E-state index is 13.8. The van der Waals surface area contributed by atoms with Crippen LogP contribution >= 0.6 is 11.6 Å². The van der Waals surface area contributed by atoms with E-state index in [1.54, 1.807) is 24.5 Å². The highest BCUT2D eigenvalue weighted by molar-refractivity contribution is 7.83. The van der Waals surface area contributed by atoms with E-state index in [4.69, 9.17) is 16.9 Å². The summed E-state index contributed by atoms with van der Waals surface area (Å²) in [6, 6.07) is 11.6. The van der Waals surface area contributed by atoms with Crippen LogP contribution in [-0.4, -0.2) is 10.5 Å². The Kier molecular flexibility index (Phi) is 5.53. The van der Waals surface area contributed by atoms with Gasteiger partial charge in [0.25, 0.3) is 0 Å². The highest BCUT2D eigenvalue weighted by Gasteiger charge is 2.07. The van der Waals surface area contributed by atoms with Crippen LogP contribution in [0, 0.1) is 17.1 Å². The average Bonchev–Trinajstić information content (AvgIpc) is 2.48. The first kappa shape index (κ1) is 16.5. The van der Waals surface area contributed by atoms with E-state index in [2.05, 4.69) is 5.32 Å². The quantitative estimate of drug-likeness (QED) is 0.902. The molecule has 1 N–H and O–H groups in total. The second-order valence-electron chi connectivity index (χ2n) is 4.80. The van der Waals surface area contributed by atoms with Crippen molar-refractivity contribution in [2.75, 3.05) is 11.6 Å². The molecule has 0 aromatic heterocycles. The molecule has 0 saturated heterocycles. The largest absolute Gasteiger partial charge is 0.380 e. The van der Waals surface area contributed by atoms with Crippen molar-refractivity contribution in [2.45, 2.75) is 12.3 Å². The van der Waals surface area contributed by atoms with Crippen LogP contribution in [0.1, 0.15) is 16.7 Å². The molecule has 0 saturated carbocycles. The Labute approximate surface area is 136 Å². The average molecular weight is 337 g/mol. The van der Waals surface area contributed by atoms with Crippen LogP contribution in [0.2, 0.25) is 5.02 Å². The highest BCUT2D eigenvalue weighted by Crippen LogP contribution is 2.24. The fourth-order valence-corrected chi connectivity index (χ4v) is 2.82. The molecule has 0 spiro atoms. The van der Waals surface area contributed by atoms with Crippen LogP contribution < -0.4 is 5.32 Å². The molecule has 6 heteroatoms. The van der Waals surface area contributed by atoms with Gasteiger partial charge in [0.1, 0.15) is 5.82 Å². The van der Waals surface area contributed by atoms with Gasteiger partial charge in [-0.1, -0.05) is 23.7 Å². The zero-order chi connectivity index (χ0) is 16.1. The SMILES string of the molecule is C[S@](=O)Cc1ccc(Cl)c(NCc2ccc(C#N)cc2F)c1. The third-order valence-electron chi connectivity index (χ3n) is 3.05. The van der Waals surface area contributed by atoms with Crippen molar-refractivity contribution in [3.63, 3.8) is 0 Å². The van der Waals surface area contributed by atoms with Crippen molar-refractivity contribution in [3.05, 3.63) is 63.9 Å². The molecular weight excluding hydrogens is 323 g/mol. The number of halogens is 2. The van der Waals surface area contributed by atoms with Gasteiger partial charge in [-0.15, -0.1) is 0 Å². The minimum Gasteiger partial charge on any atom is -0.380 e. The summed E-state index contributed by atoms with van der Waals surface area (Å²) in [6.07, 6.45) is 1.63. The van der Waals surface area contributed by atoms with Crippen molar-refractivity contribution in [3.8, 4) is 6.07 Å². The van der Waals surface area contributed by atoms with E-state index in [0.29, 0.717) is 22.0 Å². The number of benzene rings is 2.